The second-order valence-corrected chi connectivity index (χ2v) is 9.37. The molecular formula is C24H27ClFN3O5. The van der Waals surface area contributed by atoms with E-state index in [2.05, 4.69) is 10.9 Å². The van der Waals surface area contributed by atoms with E-state index >= 15 is 0 Å². The Bertz CT molecular complexity index is 1150. The maximum absolute atomic E-state index is 14.7. The van der Waals surface area contributed by atoms with Crippen molar-refractivity contribution < 1.29 is 29.4 Å². The van der Waals surface area contributed by atoms with Crippen LogP contribution in [0.5, 0.6) is 0 Å². The smallest absolute Gasteiger partial charge is 0.310 e. The van der Waals surface area contributed by atoms with Gasteiger partial charge in [-0.3, -0.25) is 14.4 Å². The molecular weight excluding hydrogens is 465 g/mol. The average molecular weight is 492 g/mol. The highest BCUT2D eigenvalue weighted by atomic mass is 35.5. The van der Waals surface area contributed by atoms with Gasteiger partial charge in [-0.25, -0.2) is 14.9 Å². The maximum atomic E-state index is 14.7. The predicted octanol–water partition coefficient (Wildman–Crippen LogP) is 3.73. The van der Waals surface area contributed by atoms with Gasteiger partial charge >= 0.3 is 5.97 Å². The number of carboxylic acids is 1. The fourth-order valence-electron chi connectivity index (χ4n) is 3.96. The molecule has 2 atom stereocenters. The Labute approximate surface area is 201 Å². The number of fused-ring (bicyclic) bond motifs is 1. The number of carbonyl (C=O) groups is 2. The number of nitrogens with one attached hydrogen (secondary N) is 2. The van der Waals surface area contributed by atoms with Crippen LogP contribution in [0.3, 0.4) is 0 Å². The molecule has 1 aliphatic carbocycles. The Kier molecular flexibility index (Phi) is 7.32. The summed E-state index contributed by atoms with van der Waals surface area (Å²) in [5, 5.41) is 10.9. The van der Waals surface area contributed by atoms with Gasteiger partial charge in [0.15, 0.2) is 0 Å². The van der Waals surface area contributed by atoms with Crippen molar-refractivity contribution in [1.29, 1.82) is 0 Å². The molecule has 1 amide bonds. The van der Waals surface area contributed by atoms with Crippen LogP contribution < -0.4 is 10.9 Å². The molecule has 2 aromatic rings. The first-order chi connectivity index (χ1) is 15.6. The number of carbonyl (C=O) groups excluding carboxylic acids is 1. The molecule has 1 heterocycles. The summed E-state index contributed by atoms with van der Waals surface area (Å²) in [6.07, 6.45) is 1.84. The number of anilines is 1. The zero-order valence-corrected chi connectivity index (χ0v) is 19.7. The standard InChI is InChI=1S/C24H25ClFN3O4.H2O/c1-13(22(30)31)17-8-14-6-4-5-7-16(14)21(17)28-27-20-9-15(18(25)10-19(20)26)11-29-23(32)24(2,3)12-33-29;/h4-10,13,21,27-28H,11-12H2,1-3H3,(H,30,31);1H2. The molecule has 0 spiro atoms. The SMILES string of the molecule is CC(C(=O)O)C1=Cc2ccccc2C1NNc1cc(CN2OCC(C)(C)C2=O)c(Cl)cc1F.O. The zero-order chi connectivity index (χ0) is 23.9. The van der Waals surface area contributed by atoms with Crippen LogP contribution in [0.25, 0.3) is 6.08 Å². The van der Waals surface area contributed by atoms with E-state index in [1.54, 1.807) is 20.8 Å². The summed E-state index contributed by atoms with van der Waals surface area (Å²) in [6.45, 7) is 5.53. The molecule has 0 saturated carbocycles. The Morgan fingerprint density at radius 1 is 1.35 bits per heavy atom. The minimum atomic E-state index is -0.945. The molecule has 1 aliphatic heterocycles. The molecule has 4 rings (SSSR count). The third kappa shape index (κ3) is 4.78. The molecule has 2 aromatic carbocycles. The molecule has 1 fully saturated rings. The number of benzene rings is 2. The second kappa shape index (κ2) is 9.71. The molecule has 1 saturated heterocycles. The molecule has 0 aromatic heterocycles. The summed E-state index contributed by atoms with van der Waals surface area (Å²) < 4.78 is 14.7. The van der Waals surface area contributed by atoms with Crippen LogP contribution >= 0.6 is 11.6 Å². The average Bonchev–Trinajstić information content (AvgIpc) is 3.26. The first-order valence-corrected chi connectivity index (χ1v) is 10.9. The summed E-state index contributed by atoms with van der Waals surface area (Å²) in [4.78, 5) is 29.6. The monoisotopic (exact) mass is 491 g/mol. The van der Waals surface area contributed by atoms with Crippen LogP contribution in [-0.2, 0) is 21.0 Å². The van der Waals surface area contributed by atoms with Crippen molar-refractivity contribution in [3.05, 3.63) is 69.5 Å². The minimum Gasteiger partial charge on any atom is -0.481 e. The van der Waals surface area contributed by atoms with E-state index in [-0.39, 0.29) is 35.2 Å². The molecule has 2 unspecified atom stereocenters. The zero-order valence-electron chi connectivity index (χ0n) is 19.0. The Balaban J connectivity index is 0.00000324. The Morgan fingerprint density at radius 3 is 2.71 bits per heavy atom. The number of aliphatic carboxylic acids is 1. The van der Waals surface area contributed by atoms with Crippen LogP contribution in [0.15, 0.2) is 42.0 Å². The third-order valence-corrected chi connectivity index (χ3v) is 6.37. The van der Waals surface area contributed by atoms with Gasteiger partial charge in [0.25, 0.3) is 5.91 Å². The topological polar surface area (TPSA) is 122 Å². The van der Waals surface area contributed by atoms with Crippen molar-refractivity contribution in [3.8, 4) is 0 Å². The van der Waals surface area contributed by atoms with E-state index in [1.165, 1.54) is 17.2 Å². The molecule has 5 N–H and O–H groups in total. The summed E-state index contributed by atoms with van der Waals surface area (Å²) >= 11 is 6.24. The first kappa shape index (κ1) is 25.6. The molecule has 0 bridgehead atoms. The first-order valence-electron chi connectivity index (χ1n) is 10.6. The van der Waals surface area contributed by atoms with Crippen LogP contribution in [0.2, 0.25) is 5.02 Å². The lowest BCUT2D eigenvalue weighted by molar-refractivity contribution is -0.165. The van der Waals surface area contributed by atoms with E-state index in [9.17, 15) is 19.1 Å². The van der Waals surface area contributed by atoms with E-state index < -0.39 is 29.2 Å². The van der Waals surface area contributed by atoms with Gasteiger partial charge < -0.3 is 16.0 Å². The maximum Gasteiger partial charge on any atom is 0.310 e. The van der Waals surface area contributed by atoms with Crippen molar-refractivity contribution in [2.24, 2.45) is 11.3 Å². The van der Waals surface area contributed by atoms with Crippen molar-refractivity contribution in [3.63, 3.8) is 0 Å². The number of hydrogen-bond donors (Lipinski definition) is 3. The fourth-order valence-corrected chi connectivity index (χ4v) is 4.17. The van der Waals surface area contributed by atoms with E-state index in [4.69, 9.17) is 16.4 Å². The van der Waals surface area contributed by atoms with Gasteiger partial charge in [-0.2, -0.15) is 0 Å². The van der Waals surface area contributed by atoms with Crippen LogP contribution in [-0.4, -0.2) is 34.1 Å². The number of halogens is 2. The van der Waals surface area contributed by atoms with Gasteiger partial charge in [0.1, 0.15) is 5.82 Å². The van der Waals surface area contributed by atoms with Gasteiger partial charge in [0.2, 0.25) is 0 Å². The number of hydrazine groups is 1. The molecule has 2 aliphatic rings. The number of carboxylic acid groups (broad SMARTS) is 1. The molecule has 8 nitrogen and oxygen atoms in total. The summed E-state index contributed by atoms with van der Waals surface area (Å²) in [7, 11) is 0. The van der Waals surface area contributed by atoms with Crippen molar-refractivity contribution in [2.45, 2.75) is 33.4 Å². The predicted molar refractivity (Wildman–Crippen MR) is 126 cm³/mol. The second-order valence-electron chi connectivity index (χ2n) is 8.96. The van der Waals surface area contributed by atoms with Crippen LogP contribution in [0, 0.1) is 17.2 Å². The van der Waals surface area contributed by atoms with E-state index in [0.717, 1.165) is 11.1 Å². The van der Waals surface area contributed by atoms with Gasteiger partial charge in [0, 0.05) is 5.02 Å². The number of rotatable bonds is 7. The van der Waals surface area contributed by atoms with E-state index in [1.807, 2.05) is 30.3 Å². The van der Waals surface area contributed by atoms with Crippen LogP contribution in [0.4, 0.5) is 10.1 Å². The fraction of sp³-hybridized carbons (Fsp3) is 0.333. The highest BCUT2D eigenvalue weighted by molar-refractivity contribution is 6.31. The van der Waals surface area contributed by atoms with Crippen molar-refractivity contribution in [1.82, 2.24) is 10.5 Å². The van der Waals surface area contributed by atoms with Crippen molar-refractivity contribution >= 4 is 35.2 Å². The number of hydroxylamine groups is 2. The number of hydrogen-bond acceptors (Lipinski definition) is 5. The lowest BCUT2D eigenvalue weighted by Crippen LogP contribution is -2.31. The summed E-state index contributed by atoms with van der Waals surface area (Å²) in [5.74, 6) is -2.44. The number of amides is 1. The van der Waals surface area contributed by atoms with Gasteiger partial charge in [0.05, 0.1) is 36.2 Å². The lowest BCUT2D eigenvalue weighted by atomic mass is 9.95. The minimum absolute atomic E-state index is 0. The van der Waals surface area contributed by atoms with Crippen LogP contribution in [0.1, 0.15) is 43.5 Å². The van der Waals surface area contributed by atoms with Crippen molar-refractivity contribution in [2.75, 3.05) is 12.0 Å². The third-order valence-electron chi connectivity index (χ3n) is 6.02. The highest BCUT2D eigenvalue weighted by Crippen LogP contribution is 2.38. The largest absolute Gasteiger partial charge is 0.481 e. The Hall–Kier alpha value is -2.98. The normalized spacial score (nSPS) is 19.3. The summed E-state index contributed by atoms with van der Waals surface area (Å²) in [5.41, 5.74) is 8.39. The quantitative estimate of drug-likeness (QED) is 0.507. The molecule has 0 radical (unpaired) electrons. The lowest BCUT2D eigenvalue weighted by Gasteiger charge is -2.23. The Morgan fingerprint density at radius 2 is 2.06 bits per heavy atom. The molecule has 182 valence electrons. The van der Waals surface area contributed by atoms with Gasteiger partial charge in [-0.15, -0.1) is 0 Å². The van der Waals surface area contributed by atoms with E-state index in [0.29, 0.717) is 11.1 Å². The highest BCUT2D eigenvalue weighted by Gasteiger charge is 2.40. The van der Waals surface area contributed by atoms with Gasteiger partial charge in [-0.05, 0) is 55.2 Å². The van der Waals surface area contributed by atoms with Gasteiger partial charge in [-0.1, -0.05) is 41.9 Å². The molecule has 10 heteroatoms. The number of nitrogens with zero attached hydrogens (tertiary/aromatic N) is 1. The molecule has 34 heavy (non-hydrogen) atoms. The summed E-state index contributed by atoms with van der Waals surface area (Å²) in [6, 6.07) is 9.77.